The molecule has 4 nitrogen and oxygen atoms in total. The van der Waals surface area contributed by atoms with Crippen molar-refractivity contribution in [1.29, 1.82) is 0 Å². The van der Waals surface area contributed by atoms with Gasteiger partial charge in [0.25, 0.3) is 0 Å². The highest BCUT2D eigenvalue weighted by Crippen LogP contribution is 2.52. The maximum absolute atomic E-state index is 5.23. The molecule has 4 heteroatoms. The molecule has 36 heavy (non-hydrogen) atoms. The van der Waals surface area contributed by atoms with Gasteiger partial charge in [-0.1, -0.05) is 84.9 Å². The Bertz CT molecular complexity index is 1950. The quantitative estimate of drug-likeness (QED) is 0.282. The van der Waals surface area contributed by atoms with Gasteiger partial charge in [0, 0.05) is 39.7 Å². The van der Waals surface area contributed by atoms with Crippen molar-refractivity contribution in [2.24, 2.45) is 0 Å². The molecule has 0 radical (unpaired) electrons. The fourth-order valence-corrected chi connectivity index (χ4v) is 5.63. The molecule has 0 aliphatic carbocycles. The number of para-hydroxylation sites is 1. The first-order chi connectivity index (χ1) is 17.9. The summed E-state index contributed by atoms with van der Waals surface area (Å²) >= 11 is 0. The predicted octanol–water partition coefficient (Wildman–Crippen LogP) is 8.38. The van der Waals surface area contributed by atoms with Crippen LogP contribution in [0.2, 0.25) is 0 Å². The van der Waals surface area contributed by atoms with Crippen LogP contribution in [0.25, 0.3) is 54.8 Å². The van der Waals surface area contributed by atoms with E-state index in [1.807, 2.05) is 24.5 Å². The Hall–Kier alpha value is -4.96. The number of benzene rings is 5. The minimum Gasteiger partial charge on any atom is -0.367 e. The number of hydrogen-bond donors (Lipinski definition) is 1. The van der Waals surface area contributed by atoms with Crippen LogP contribution >= 0.6 is 0 Å². The van der Waals surface area contributed by atoms with E-state index in [2.05, 4.69) is 101 Å². The molecule has 168 valence electrons. The molecule has 2 aromatic heterocycles. The first-order valence-electron chi connectivity index (χ1n) is 12.1. The molecule has 1 aliphatic rings. The van der Waals surface area contributed by atoms with Gasteiger partial charge in [-0.2, -0.15) is 0 Å². The van der Waals surface area contributed by atoms with E-state index in [0.717, 1.165) is 33.5 Å². The molecule has 1 aliphatic heterocycles. The van der Waals surface area contributed by atoms with Gasteiger partial charge in [0.05, 0.1) is 22.6 Å². The second-order valence-corrected chi connectivity index (χ2v) is 9.19. The third kappa shape index (κ3) is 2.64. The van der Waals surface area contributed by atoms with E-state index in [9.17, 15) is 0 Å². The molecule has 0 saturated carbocycles. The Balaban J connectivity index is 1.54. The summed E-state index contributed by atoms with van der Waals surface area (Å²) in [5, 5.41) is 5.85. The number of aromatic nitrogens is 3. The van der Waals surface area contributed by atoms with Crippen molar-refractivity contribution in [3.05, 3.63) is 116 Å². The van der Waals surface area contributed by atoms with Gasteiger partial charge in [-0.05, 0) is 34.5 Å². The second-order valence-electron chi connectivity index (χ2n) is 9.19. The fourth-order valence-electron chi connectivity index (χ4n) is 5.63. The molecule has 5 aromatic carbocycles. The average molecular weight is 461 g/mol. The van der Waals surface area contributed by atoms with Crippen molar-refractivity contribution in [3.63, 3.8) is 0 Å². The summed E-state index contributed by atoms with van der Waals surface area (Å²) in [7, 11) is 0. The summed E-state index contributed by atoms with van der Waals surface area (Å²) in [6, 6.07) is 36.4. The van der Waals surface area contributed by atoms with Crippen molar-refractivity contribution in [3.8, 4) is 22.4 Å². The van der Waals surface area contributed by atoms with Crippen LogP contribution in [0.5, 0.6) is 0 Å². The van der Waals surface area contributed by atoms with Crippen LogP contribution in [0.15, 0.2) is 116 Å². The lowest BCUT2D eigenvalue weighted by molar-refractivity contribution is 1.12. The lowest BCUT2D eigenvalue weighted by Gasteiger charge is -2.33. The zero-order chi connectivity index (χ0) is 23.6. The lowest BCUT2D eigenvalue weighted by atomic mass is 9.89. The van der Waals surface area contributed by atoms with E-state index in [1.165, 1.54) is 32.7 Å². The summed E-state index contributed by atoms with van der Waals surface area (Å²) in [4.78, 5) is 15.8. The van der Waals surface area contributed by atoms with Crippen molar-refractivity contribution < 1.29 is 0 Å². The van der Waals surface area contributed by atoms with Crippen LogP contribution < -0.4 is 4.90 Å². The molecular weight excluding hydrogens is 440 g/mol. The predicted molar refractivity (Wildman–Crippen MR) is 148 cm³/mol. The Labute approximate surface area is 207 Å². The molecule has 7 aromatic rings. The largest absolute Gasteiger partial charge is 0.367 e. The zero-order valence-corrected chi connectivity index (χ0v) is 19.3. The van der Waals surface area contributed by atoms with Gasteiger partial charge < -0.3 is 4.98 Å². The van der Waals surface area contributed by atoms with E-state index >= 15 is 0 Å². The third-order valence-corrected chi connectivity index (χ3v) is 7.20. The highest BCUT2D eigenvalue weighted by Gasteiger charge is 2.29. The van der Waals surface area contributed by atoms with Crippen LogP contribution in [0.4, 0.5) is 17.3 Å². The minimum atomic E-state index is 0.671. The molecule has 0 bridgehead atoms. The fraction of sp³-hybridized carbons (Fsp3) is 0. The van der Waals surface area contributed by atoms with Crippen LogP contribution in [0.1, 0.15) is 0 Å². The lowest BCUT2D eigenvalue weighted by Crippen LogP contribution is -2.18. The number of anilines is 3. The molecule has 0 fully saturated rings. The summed E-state index contributed by atoms with van der Waals surface area (Å²) in [6.45, 7) is 0. The smallest absolute Gasteiger partial charge is 0.235 e. The highest BCUT2D eigenvalue weighted by molar-refractivity contribution is 6.18. The number of rotatable bonds is 2. The van der Waals surface area contributed by atoms with E-state index < -0.39 is 0 Å². The van der Waals surface area contributed by atoms with Gasteiger partial charge in [0.2, 0.25) is 5.95 Å². The molecule has 0 amide bonds. The molecule has 3 heterocycles. The monoisotopic (exact) mass is 460 g/mol. The first kappa shape index (κ1) is 19.4. The number of fused-ring (bicyclic) bond motifs is 5. The minimum absolute atomic E-state index is 0.671. The van der Waals surface area contributed by atoms with Crippen LogP contribution in [0.3, 0.4) is 0 Å². The summed E-state index contributed by atoms with van der Waals surface area (Å²) in [6.07, 6.45) is 3.93. The molecule has 8 rings (SSSR count). The number of nitrogens with zero attached hydrogens (tertiary/aromatic N) is 3. The molecule has 0 unspecified atom stereocenters. The summed E-state index contributed by atoms with van der Waals surface area (Å²) in [5.41, 5.74) is 7.54. The van der Waals surface area contributed by atoms with Crippen molar-refractivity contribution in [2.45, 2.75) is 0 Å². The molecular formula is C32H20N4. The molecule has 1 N–H and O–H groups in total. The van der Waals surface area contributed by atoms with Crippen LogP contribution in [-0.4, -0.2) is 15.0 Å². The Morgan fingerprint density at radius 3 is 2.31 bits per heavy atom. The maximum Gasteiger partial charge on any atom is 0.235 e. The summed E-state index contributed by atoms with van der Waals surface area (Å²) in [5.74, 6) is 0.671. The number of H-pyrrole nitrogens is 1. The normalized spacial score (nSPS) is 12.4. The molecule has 0 spiro atoms. The Morgan fingerprint density at radius 1 is 0.611 bits per heavy atom. The van der Waals surface area contributed by atoms with Gasteiger partial charge in [0.1, 0.15) is 0 Å². The summed E-state index contributed by atoms with van der Waals surface area (Å²) < 4.78 is 0. The Kier molecular flexibility index (Phi) is 3.91. The van der Waals surface area contributed by atoms with Crippen LogP contribution in [-0.2, 0) is 0 Å². The van der Waals surface area contributed by atoms with Gasteiger partial charge in [-0.3, -0.25) is 4.90 Å². The molecule has 0 atom stereocenters. The SMILES string of the molecule is c1ccc2c3c(ccc2c1)-c1cccc2cccc(c12)N3c1nc(-c2cc[nH]c2)c2ccccc2n1. The van der Waals surface area contributed by atoms with Gasteiger partial charge in [-0.15, -0.1) is 0 Å². The zero-order valence-electron chi connectivity index (χ0n) is 19.3. The van der Waals surface area contributed by atoms with E-state index in [0.29, 0.717) is 5.95 Å². The second kappa shape index (κ2) is 7.27. The standard InChI is InChI=1S/C32H20N4/c1-2-10-23-20(7-1)15-16-25-24-12-5-8-21-9-6-14-28(29(21)24)36(31(23)25)32-34-27-13-4-3-11-26(27)30(35-32)22-17-18-33-19-22/h1-19,33H. The highest BCUT2D eigenvalue weighted by atomic mass is 15.3. The maximum atomic E-state index is 5.23. The topological polar surface area (TPSA) is 44.8 Å². The van der Waals surface area contributed by atoms with Gasteiger partial charge >= 0.3 is 0 Å². The van der Waals surface area contributed by atoms with E-state index in [4.69, 9.17) is 9.97 Å². The third-order valence-electron chi connectivity index (χ3n) is 7.20. The Morgan fingerprint density at radius 2 is 1.42 bits per heavy atom. The number of nitrogens with one attached hydrogen (secondary N) is 1. The number of aromatic amines is 1. The number of hydrogen-bond acceptors (Lipinski definition) is 3. The van der Waals surface area contributed by atoms with Crippen molar-refractivity contribution in [2.75, 3.05) is 4.90 Å². The van der Waals surface area contributed by atoms with Crippen molar-refractivity contribution in [1.82, 2.24) is 15.0 Å². The van der Waals surface area contributed by atoms with Gasteiger partial charge in [-0.25, -0.2) is 9.97 Å². The first-order valence-corrected chi connectivity index (χ1v) is 12.1. The van der Waals surface area contributed by atoms with Crippen LogP contribution in [0, 0.1) is 0 Å². The van der Waals surface area contributed by atoms with E-state index in [1.54, 1.807) is 0 Å². The molecule has 0 saturated heterocycles. The van der Waals surface area contributed by atoms with E-state index in [-0.39, 0.29) is 0 Å². The van der Waals surface area contributed by atoms with Crippen molar-refractivity contribution >= 4 is 49.8 Å². The van der Waals surface area contributed by atoms with Gasteiger partial charge in [0.15, 0.2) is 0 Å². The average Bonchev–Trinajstić information content (AvgIpc) is 3.48.